The number of halogens is 3. The third-order valence-electron chi connectivity index (χ3n) is 3.15. The molecule has 0 radical (unpaired) electrons. The molecule has 7 heteroatoms. The highest BCUT2D eigenvalue weighted by Gasteiger charge is 2.36. The molecule has 0 spiro atoms. The van der Waals surface area contributed by atoms with E-state index in [1.165, 1.54) is 23.2 Å². The molecule has 0 bridgehead atoms. The standard InChI is InChI=1S/C14H7BrClFN2O2/c15-9-4-8-11(5-10(9)17)19(14(21)13(8)20)6-7-1-2-18-12(16)3-7/h1-5H,6H2. The van der Waals surface area contributed by atoms with E-state index in [0.717, 1.165) is 0 Å². The zero-order valence-corrected chi connectivity index (χ0v) is 12.8. The molecule has 4 nitrogen and oxygen atoms in total. The van der Waals surface area contributed by atoms with E-state index in [4.69, 9.17) is 11.6 Å². The van der Waals surface area contributed by atoms with Crippen LogP contribution in [0, 0.1) is 5.82 Å². The molecule has 21 heavy (non-hydrogen) atoms. The second-order valence-electron chi connectivity index (χ2n) is 4.49. The molecule has 0 N–H and O–H groups in total. The highest BCUT2D eigenvalue weighted by molar-refractivity contribution is 9.10. The van der Waals surface area contributed by atoms with Crippen molar-refractivity contribution in [2.75, 3.05) is 4.90 Å². The maximum Gasteiger partial charge on any atom is 0.299 e. The van der Waals surface area contributed by atoms with Gasteiger partial charge in [0.2, 0.25) is 0 Å². The van der Waals surface area contributed by atoms with Crippen LogP contribution < -0.4 is 4.90 Å². The minimum absolute atomic E-state index is 0.126. The Hall–Kier alpha value is -1.79. The molecule has 1 aliphatic rings. The van der Waals surface area contributed by atoms with Gasteiger partial charge in [-0.25, -0.2) is 9.37 Å². The molecule has 106 valence electrons. The Morgan fingerprint density at radius 1 is 1.29 bits per heavy atom. The molecular formula is C14H7BrClFN2O2. The summed E-state index contributed by atoms with van der Waals surface area (Å²) >= 11 is 8.80. The molecule has 0 fully saturated rings. The Bertz CT molecular complexity index is 782. The molecule has 2 aromatic rings. The van der Waals surface area contributed by atoms with Crippen molar-refractivity contribution in [2.45, 2.75) is 6.54 Å². The maximum absolute atomic E-state index is 13.7. The van der Waals surface area contributed by atoms with Gasteiger partial charge in [-0.05, 0) is 45.8 Å². The number of Topliss-reactive ketones (excluding diaryl/α,β-unsaturated/α-hetero) is 1. The first-order valence-electron chi connectivity index (χ1n) is 5.93. The van der Waals surface area contributed by atoms with Crippen LogP contribution in [0.3, 0.4) is 0 Å². The molecular weight excluding hydrogens is 363 g/mol. The van der Waals surface area contributed by atoms with Gasteiger partial charge in [-0.15, -0.1) is 0 Å². The molecule has 0 atom stereocenters. The Labute approximate surface area is 132 Å². The predicted octanol–water partition coefficient (Wildman–Crippen LogP) is 3.37. The summed E-state index contributed by atoms with van der Waals surface area (Å²) in [6.45, 7) is 0.126. The zero-order valence-electron chi connectivity index (χ0n) is 10.4. The summed E-state index contributed by atoms with van der Waals surface area (Å²) < 4.78 is 13.8. The molecule has 2 heterocycles. The number of aromatic nitrogens is 1. The van der Waals surface area contributed by atoms with E-state index < -0.39 is 17.5 Å². The van der Waals surface area contributed by atoms with Crippen LogP contribution in [0.4, 0.5) is 10.1 Å². The van der Waals surface area contributed by atoms with Crippen molar-refractivity contribution >= 4 is 44.9 Å². The summed E-state index contributed by atoms with van der Waals surface area (Å²) in [6, 6.07) is 5.76. The quantitative estimate of drug-likeness (QED) is 0.602. The zero-order chi connectivity index (χ0) is 15.1. The molecule has 1 amide bonds. The first-order chi connectivity index (χ1) is 9.97. The van der Waals surface area contributed by atoms with Crippen LogP contribution in [0.1, 0.15) is 15.9 Å². The van der Waals surface area contributed by atoms with Crippen LogP contribution in [0.2, 0.25) is 5.15 Å². The highest BCUT2D eigenvalue weighted by Crippen LogP contribution is 2.34. The topological polar surface area (TPSA) is 50.3 Å². The number of hydrogen-bond donors (Lipinski definition) is 0. The SMILES string of the molecule is O=C1C(=O)N(Cc2ccnc(Cl)c2)c2cc(F)c(Br)cc21. The Morgan fingerprint density at radius 2 is 2.05 bits per heavy atom. The summed E-state index contributed by atoms with van der Waals surface area (Å²) in [5, 5.41) is 0.285. The van der Waals surface area contributed by atoms with Crippen LogP contribution in [0.15, 0.2) is 34.9 Å². The van der Waals surface area contributed by atoms with Gasteiger partial charge in [0.1, 0.15) is 11.0 Å². The number of carbonyl (C=O) groups excluding carboxylic acids is 2. The second-order valence-corrected chi connectivity index (χ2v) is 5.73. The van der Waals surface area contributed by atoms with Gasteiger partial charge in [-0.3, -0.25) is 9.59 Å². The minimum Gasteiger partial charge on any atom is -0.300 e. The van der Waals surface area contributed by atoms with E-state index in [1.54, 1.807) is 12.1 Å². The van der Waals surface area contributed by atoms with Gasteiger partial charge in [-0.1, -0.05) is 11.6 Å². The van der Waals surface area contributed by atoms with Crippen LogP contribution in [-0.2, 0) is 11.3 Å². The Morgan fingerprint density at radius 3 is 2.76 bits per heavy atom. The van der Waals surface area contributed by atoms with E-state index in [1.807, 2.05) is 0 Å². The van der Waals surface area contributed by atoms with Gasteiger partial charge in [-0.2, -0.15) is 0 Å². The fourth-order valence-corrected chi connectivity index (χ4v) is 2.71. The van der Waals surface area contributed by atoms with Crippen LogP contribution in [0.25, 0.3) is 0 Å². The summed E-state index contributed by atoms with van der Waals surface area (Å²) in [6.07, 6.45) is 1.50. The summed E-state index contributed by atoms with van der Waals surface area (Å²) in [7, 11) is 0. The normalized spacial score (nSPS) is 13.8. The van der Waals surface area contributed by atoms with Crippen molar-refractivity contribution in [2.24, 2.45) is 0 Å². The first-order valence-corrected chi connectivity index (χ1v) is 7.10. The number of hydrogen-bond acceptors (Lipinski definition) is 3. The Balaban J connectivity index is 2.03. The first kappa shape index (κ1) is 14.2. The third-order valence-corrected chi connectivity index (χ3v) is 3.96. The molecule has 0 saturated heterocycles. The lowest BCUT2D eigenvalue weighted by Gasteiger charge is -2.16. The van der Waals surface area contributed by atoms with Crippen LogP contribution >= 0.6 is 27.5 Å². The lowest BCUT2D eigenvalue weighted by Crippen LogP contribution is -2.29. The number of anilines is 1. The van der Waals surface area contributed by atoms with Gasteiger partial charge in [0.15, 0.2) is 0 Å². The monoisotopic (exact) mass is 368 g/mol. The van der Waals surface area contributed by atoms with Crippen molar-refractivity contribution in [1.82, 2.24) is 4.98 Å². The fraction of sp³-hybridized carbons (Fsp3) is 0.0714. The molecule has 1 aliphatic heterocycles. The van der Waals surface area contributed by atoms with Crippen molar-refractivity contribution in [3.8, 4) is 0 Å². The number of amides is 1. The van der Waals surface area contributed by atoms with Gasteiger partial charge >= 0.3 is 0 Å². The molecule has 1 aromatic carbocycles. The van der Waals surface area contributed by atoms with Gasteiger partial charge in [0.25, 0.3) is 11.7 Å². The maximum atomic E-state index is 13.7. The lowest BCUT2D eigenvalue weighted by atomic mass is 10.1. The third kappa shape index (κ3) is 2.45. The number of carbonyl (C=O) groups is 2. The van der Waals surface area contributed by atoms with Gasteiger partial charge in [0.05, 0.1) is 22.3 Å². The largest absolute Gasteiger partial charge is 0.300 e. The van der Waals surface area contributed by atoms with Crippen LogP contribution in [0.5, 0.6) is 0 Å². The van der Waals surface area contributed by atoms with E-state index in [-0.39, 0.29) is 27.4 Å². The minimum atomic E-state index is -0.685. The molecule has 0 saturated carbocycles. The highest BCUT2D eigenvalue weighted by atomic mass is 79.9. The van der Waals surface area contributed by atoms with E-state index in [0.29, 0.717) is 5.56 Å². The Kier molecular flexibility index (Phi) is 3.51. The number of pyridine rings is 1. The number of fused-ring (bicyclic) bond motifs is 1. The lowest BCUT2D eigenvalue weighted by molar-refractivity contribution is -0.114. The number of rotatable bonds is 2. The summed E-state index contributed by atoms with van der Waals surface area (Å²) in [4.78, 5) is 29.1. The summed E-state index contributed by atoms with van der Waals surface area (Å²) in [5.41, 5.74) is 1.15. The molecule has 1 aromatic heterocycles. The average Bonchev–Trinajstić information content (AvgIpc) is 2.65. The number of ketones is 1. The van der Waals surface area contributed by atoms with Crippen molar-refractivity contribution in [1.29, 1.82) is 0 Å². The van der Waals surface area contributed by atoms with Crippen molar-refractivity contribution < 1.29 is 14.0 Å². The smallest absolute Gasteiger partial charge is 0.299 e. The van der Waals surface area contributed by atoms with E-state index in [2.05, 4.69) is 20.9 Å². The van der Waals surface area contributed by atoms with E-state index in [9.17, 15) is 14.0 Å². The summed E-state index contributed by atoms with van der Waals surface area (Å²) in [5.74, 6) is -1.87. The van der Waals surface area contributed by atoms with E-state index >= 15 is 0 Å². The fourth-order valence-electron chi connectivity index (χ4n) is 2.17. The van der Waals surface area contributed by atoms with Crippen LogP contribution in [-0.4, -0.2) is 16.7 Å². The van der Waals surface area contributed by atoms with Gasteiger partial charge in [0, 0.05) is 6.20 Å². The second kappa shape index (κ2) is 5.20. The van der Waals surface area contributed by atoms with Crippen molar-refractivity contribution in [3.63, 3.8) is 0 Å². The number of benzene rings is 1. The van der Waals surface area contributed by atoms with Crippen molar-refractivity contribution in [3.05, 3.63) is 57.0 Å². The average molecular weight is 370 g/mol. The number of nitrogens with zero attached hydrogens (tertiary/aromatic N) is 2. The molecule has 0 aliphatic carbocycles. The van der Waals surface area contributed by atoms with Gasteiger partial charge < -0.3 is 4.90 Å². The molecule has 3 rings (SSSR count). The molecule has 0 unspecified atom stereocenters. The predicted molar refractivity (Wildman–Crippen MR) is 78.9 cm³/mol.